The van der Waals surface area contributed by atoms with Crippen LogP contribution in [0.2, 0.25) is 0 Å². The van der Waals surface area contributed by atoms with E-state index in [-0.39, 0.29) is 0 Å². The number of rotatable bonds is 6. The Morgan fingerprint density at radius 3 is 2.55 bits per heavy atom. The van der Waals surface area contributed by atoms with E-state index < -0.39 is 12.1 Å². The van der Waals surface area contributed by atoms with Gasteiger partial charge in [0.2, 0.25) is 0 Å². The third-order valence-corrected chi connectivity index (χ3v) is 3.37. The number of esters is 1. The van der Waals surface area contributed by atoms with Crippen molar-refractivity contribution in [3.8, 4) is 5.75 Å². The Bertz CT molecular complexity index is 636. The first kappa shape index (κ1) is 16.0. The van der Waals surface area contributed by atoms with Crippen molar-refractivity contribution < 1.29 is 19.0 Å². The van der Waals surface area contributed by atoms with Gasteiger partial charge in [-0.3, -0.25) is 0 Å². The van der Waals surface area contributed by atoms with Gasteiger partial charge in [0.25, 0.3) is 0 Å². The first-order chi connectivity index (χ1) is 10.7. The van der Waals surface area contributed by atoms with Crippen LogP contribution in [0, 0.1) is 6.92 Å². The minimum Gasteiger partial charge on any atom is -0.489 e. The molecule has 0 saturated carbocycles. The highest BCUT2D eigenvalue weighted by atomic mass is 16.6. The molecule has 2 rings (SSSR count). The topological polar surface area (TPSA) is 44.8 Å². The third-order valence-electron chi connectivity index (χ3n) is 3.37. The lowest BCUT2D eigenvalue weighted by atomic mass is 10.0. The molecular formula is C18H20O4. The van der Waals surface area contributed by atoms with Crippen molar-refractivity contribution in [3.05, 3.63) is 65.2 Å². The number of carbonyl (C=O) groups excluding carboxylic acids is 1. The zero-order valence-electron chi connectivity index (χ0n) is 13.0. The lowest BCUT2D eigenvalue weighted by Gasteiger charge is -2.17. The molecule has 0 radical (unpaired) electrons. The number of hydrogen-bond acceptors (Lipinski definition) is 4. The van der Waals surface area contributed by atoms with Crippen LogP contribution < -0.4 is 4.74 Å². The number of methoxy groups -OCH3 is 2. The SMILES string of the molecule is COC(=O)C(OC)c1ccccc1COc1cccc(C)c1. The number of benzene rings is 2. The quantitative estimate of drug-likeness (QED) is 0.767. The molecular weight excluding hydrogens is 280 g/mol. The average molecular weight is 300 g/mol. The monoisotopic (exact) mass is 300 g/mol. The van der Waals surface area contributed by atoms with Crippen LogP contribution in [-0.4, -0.2) is 20.2 Å². The lowest BCUT2D eigenvalue weighted by molar-refractivity contribution is -0.152. The van der Waals surface area contributed by atoms with Gasteiger partial charge in [0, 0.05) is 7.11 Å². The number of aryl methyl sites for hydroxylation is 1. The number of ether oxygens (including phenoxy) is 3. The fraction of sp³-hybridized carbons (Fsp3) is 0.278. The van der Waals surface area contributed by atoms with Crippen molar-refractivity contribution in [1.29, 1.82) is 0 Å². The van der Waals surface area contributed by atoms with Gasteiger partial charge in [-0.1, -0.05) is 36.4 Å². The second-order valence-corrected chi connectivity index (χ2v) is 4.94. The van der Waals surface area contributed by atoms with E-state index in [9.17, 15) is 4.79 Å². The van der Waals surface area contributed by atoms with Crippen LogP contribution in [0.4, 0.5) is 0 Å². The molecule has 0 amide bonds. The van der Waals surface area contributed by atoms with Gasteiger partial charge in [-0.2, -0.15) is 0 Å². The predicted molar refractivity (Wildman–Crippen MR) is 83.7 cm³/mol. The minimum atomic E-state index is -0.748. The maximum atomic E-state index is 11.8. The summed E-state index contributed by atoms with van der Waals surface area (Å²) in [5.74, 6) is 0.368. The normalized spacial score (nSPS) is 11.8. The fourth-order valence-electron chi connectivity index (χ4n) is 2.24. The Morgan fingerprint density at radius 2 is 1.86 bits per heavy atom. The molecule has 0 bridgehead atoms. The minimum absolute atomic E-state index is 0.358. The standard InChI is InChI=1S/C18H20O4/c1-13-7-6-9-15(11-13)22-12-14-8-4-5-10-16(14)17(20-2)18(19)21-3/h4-11,17H,12H2,1-3H3. The maximum absolute atomic E-state index is 11.8. The van der Waals surface area contributed by atoms with Crippen molar-refractivity contribution in [2.45, 2.75) is 19.6 Å². The summed E-state index contributed by atoms with van der Waals surface area (Å²) in [7, 11) is 2.83. The summed E-state index contributed by atoms with van der Waals surface area (Å²) in [6.45, 7) is 2.37. The second-order valence-electron chi connectivity index (χ2n) is 4.94. The summed E-state index contributed by atoms with van der Waals surface area (Å²) in [6, 6.07) is 15.4. The average Bonchev–Trinajstić information content (AvgIpc) is 2.54. The van der Waals surface area contributed by atoms with Crippen LogP contribution in [0.15, 0.2) is 48.5 Å². The summed E-state index contributed by atoms with van der Waals surface area (Å²) in [5.41, 5.74) is 2.78. The zero-order chi connectivity index (χ0) is 15.9. The molecule has 4 heteroatoms. The van der Waals surface area contributed by atoms with Crippen LogP contribution in [-0.2, 0) is 20.9 Å². The highest BCUT2D eigenvalue weighted by molar-refractivity contribution is 5.76. The molecule has 0 fully saturated rings. The van der Waals surface area contributed by atoms with Crippen molar-refractivity contribution in [3.63, 3.8) is 0 Å². The summed E-state index contributed by atoms with van der Waals surface area (Å²) in [6.07, 6.45) is -0.748. The molecule has 0 N–H and O–H groups in total. The van der Waals surface area contributed by atoms with Crippen LogP contribution in [0.25, 0.3) is 0 Å². The molecule has 1 atom stereocenters. The molecule has 0 heterocycles. The highest BCUT2D eigenvalue weighted by Crippen LogP contribution is 2.24. The number of carbonyl (C=O) groups is 1. The first-order valence-electron chi connectivity index (χ1n) is 7.03. The second kappa shape index (κ2) is 7.61. The fourth-order valence-corrected chi connectivity index (χ4v) is 2.24. The van der Waals surface area contributed by atoms with E-state index in [2.05, 4.69) is 0 Å². The van der Waals surface area contributed by atoms with E-state index >= 15 is 0 Å². The van der Waals surface area contributed by atoms with Gasteiger partial charge in [-0.15, -0.1) is 0 Å². The molecule has 0 saturated heterocycles. The third kappa shape index (κ3) is 3.86. The van der Waals surface area contributed by atoms with Crippen molar-refractivity contribution >= 4 is 5.97 Å². The molecule has 0 spiro atoms. The summed E-state index contributed by atoms with van der Waals surface area (Å²) >= 11 is 0. The predicted octanol–water partition coefficient (Wildman–Crippen LogP) is 3.43. The van der Waals surface area contributed by atoms with Crippen molar-refractivity contribution in [1.82, 2.24) is 0 Å². The Hall–Kier alpha value is -2.33. The van der Waals surface area contributed by atoms with E-state index in [4.69, 9.17) is 14.2 Å². The first-order valence-corrected chi connectivity index (χ1v) is 7.03. The summed E-state index contributed by atoms with van der Waals surface area (Å²) in [4.78, 5) is 11.8. The Kier molecular flexibility index (Phi) is 5.55. The molecule has 4 nitrogen and oxygen atoms in total. The molecule has 22 heavy (non-hydrogen) atoms. The lowest BCUT2D eigenvalue weighted by Crippen LogP contribution is -2.18. The smallest absolute Gasteiger partial charge is 0.339 e. The molecule has 0 aliphatic heterocycles. The molecule has 2 aromatic rings. The van der Waals surface area contributed by atoms with Crippen LogP contribution in [0.3, 0.4) is 0 Å². The van der Waals surface area contributed by atoms with Crippen LogP contribution >= 0.6 is 0 Å². The van der Waals surface area contributed by atoms with Crippen LogP contribution in [0.1, 0.15) is 22.8 Å². The van der Waals surface area contributed by atoms with E-state index in [1.165, 1.54) is 14.2 Å². The molecule has 116 valence electrons. The van der Waals surface area contributed by atoms with Gasteiger partial charge in [0.1, 0.15) is 12.4 Å². The zero-order valence-corrected chi connectivity index (χ0v) is 13.0. The van der Waals surface area contributed by atoms with Gasteiger partial charge >= 0.3 is 5.97 Å². The van der Waals surface area contributed by atoms with Gasteiger partial charge in [-0.25, -0.2) is 4.79 Å². The van der Waals surface area contributed by atoms with Crippen LogP contribution in [0.5, 0.6) is 5.75 Å². The number of hydrogen-bond donors (Lipinski definition) is 0. The molecule has 2 aromatic carbocycles. The largest absolute Gasteiger partial charge is 0.489 e. The Labute approximate surface area is 130 Å². The Morgan fingerprint density at radius 1 is 1.09 bits per heavy atom. The molecule has 1 unspecified atom stereocenters. The van der Waals surface area contributed by atoms with Gasteiger partial charge < -0.3 is 14.2 Å². The summed E-state index contributed by atoms with van der Waals surface area (Å²) < 4.78 is 15.9. The summed E-state index contributed by atoms with van der Waals surface area (Å²) in [5, 5.41) is 0. The van der Waals surface area contributed by atoms with Gasteiger partial charge in [-0.05, 0) is 35.7 Å². The van der Waals surface area contributed by atoms with E-state index in [0.29, 0.717) is 6.61 Å². The molecule has 0 aromatic heterocycles. The van der Waals surface area contributed by atoms with Gasteiger partial charge in [0.15, 0.2) is 6.10 Å². The highest BCUT2D eigenvalue weighted by Gasteiger charge is 2.23. The Balaban J connectivity index is 2.19. The van der Waals surface area contributed by atoms with Crippen molar-refractivity contribution in [2.24, 2.45) is 0 Å². The maximum Gasteiger partial charge on any atom is 0.339 e. The van der Waals surface area contributed by atoms with Gasteiger partial charge in [0.05, 0.1) is 7.11 Å². The van der Waals surface area contributed by atoms with Crippen molar-refractivity contribution in [2.75, 3.05) is 14.2 Å². The molecule has 0 aliphatic rings. The van der Waals surface area contributed by atoms with E-state index in [1.807, 2.05) is 55.5 Å². The van der Waals surface area contributed by atoms with E-state index in [1.54, 1.807) is 0 Å². The van der Waals surface area contributed by atoms with E-state index in [0.717, 1.165) is 22.4 Å². The molecule has 0 aliphatic carbocycles.